The predicted octanol–water partition coefficient (Wildman–Crippen LogP) is 2.34. The van der Waals surface area contributed by atoms with Gasteiger partial charge in [-0.25, -0.2) is 4.98 Å². The lowest BCUT2D eigenvalue weighted by Gasteiger charge is -2.35. The highest BCUT2D eigenvalue weighted by molar-refractivity contribution is 6.02. The first-order chi connectivity index (χ1) is 14.1. The van der Waals surface area contributed by atoms with Crippen LogP contribution in [0.1, 0.15) is 18.9 Å². The molecular formula is C23H26N4O2. The second kappa shape index (κ2) is 7.17. The maximum atomic E-state index is 13.2. The first-order valence-corrected chi connectivity index (χ1v) is 10.5. The molecule has 2 aromatic rings. The van der Waals surface area contributed by atoms with Crippen molar-refractivity contribution in [1.82, 2.24) is 9.88 Å². The number of aromatic nitrogens is 1. The molecule has 6 nitrogen and oxygen atoms in total. The van der Waals surface area contributed by atoms with Gasteiger partial charge in [0.2, 0.25) is 11.8 Å². The van der Waals surface area contributed by atoms with Gasteiger partial charge in [0.05, 0.1) is 11.8 Å². The second-order valence-corrected chi connectivity index (χ2v) is 8.34. The minimum atomic E-state index is -0.162. The SMILES string of the molecule is CC1Cc2ccccc2N1C(=O)C1CC1C(=O)N1CCN(c2ccccn2)CC1. The molecule has 1 aromatic heterocycles. The van der Waals surface area contributed by atoms with Crippen LogP contribution in [0.3, 0.4) is 0 Å². The Kier molecular flexibility index (Phi) is 4.49. The van der Waals surface area contributed by atoms with Crippen LogP contribution in [-0.2, 0) is 16.0 Å². The van der Waals surface area contributed by atoms with E-state index in [2.05, 4.69) is 22.9 Å². The van der Waals surface area contributed by atoms with Crippen molar-refractivity contribution in [1.29, 1.82) is 0 Å². The Morgan fingerprint density at radius 1 is 0.931 bits per heavy atom. The molecule has 2 aliphatic heterocycles. The summed E-state index contributed by atoms with van der Waals surface area (Å²) >= 11 is 0. The molecule has 2 fully saturated rings. The molecule has 3 heterocycles. The zero-order valence-electron chi connectivity index (χ0n) is 16.7. The number of rotatable bonds is 3. The van der Waals surface area contributed by atoms with E-state index in [1.165, 1.54) is 5.56 Å². The minimum Gasteiger partial charge on any atom is -0.353 e. The Morgan fingerprint density at radius 2 is 1.66 bits per heavy atom. The Labute approximate surface area is 171 Å². The molecule has 0 radical (unpaired) electrons. The third-order valence-corrected chi connectivity index (χ3v) is 6.43. The summed E-state index contributed by atoms with van der Waals surface area (Å²) in [6.07, 6.45) is 3.37. The normalized spacial score (nSPS) is 25.7. The molecule has 1 aromatic carbocycles. The highest BCUT2D eigenvalue weighted by atomic mass is 16.2. The number of hydrogen-bond donors (Lipinski definition) is 0. The highest BCUT2D eigenvalue weighted by Gasteiger charge is 2.52. The van der Waals surface area contributed by atoms with E-state index in [0.717, 1.165) is 31.0 Å². The van der Waals surface area contributed by atoms with Gasteiger partial charge in [-0.05, 0) is 43.5 Å². The van der Waals surface area contributed by atoms with Crippen molar-refractivity contribution in [3.63, 3.8) is 0 Å². The number of anilines is 2. The zero-order chi connectivity index (χ0) is 20.0. The van der Waals surface area contributed by atoms with Gasteiger partial charge in [-0.2, -0.15) is 0 Å². The van der Waals surface area contributed by atoms with Gasteiger partial charge in [0.15, 0.2) is 0 Å². The number of carbonyl (C=O) groups is 2. The van der Waals surface area contributed by atoms with Crippen molar-refractivity contribution in [3.05, 3.63) is 54.2 Å². The van der Waals surface area contributed by atoms with E-state index in [4.69, 9.17) is 0 Å². The molecule has 1 saturated carbocycles. The average molecular weight is 390 g/mol. The van der Waals surface area contributed by atoms with Gasteiger partial charge in [0, 0.05) is 44.1 Å². The number of para-hydroxylation sites is 1. The van der Waals surface area contributed by atoms with Crippen molar-refractivity contribution in [2.75, 3.05) is 36.0 Å². The van der Waals surface area contributed by atoms with Crippen LogP contribution in [-0.4, -0.2) is 53.9 Å². The summed E-state index contributed by atoms with van der Waals surface area (Å²) < 4.78 is 0. The topological polar surface area (TPSA) is 56.8 Å². The highest BCUT2D eigenvalue weighted by Crippen LogP contribution is 2.44. The van der Waals surface area contributed by atoms with Gasteiger partial charge in [-0.1, -0.05) is 24.3 Å². The van der Waals surface area contributed by atoms with Crippen LogP contribution < -0.4 is 9.80 Å². The monoisotopic (exact) mass is 390 g/mol. The summed E-state index contributed by atoms with van der Waals surface area (Å²) in [5, 5.41) is 0. The molecule has 150 valence electrons. The maximum absolute atomic E-state index is 13.2. The van der Waals surface area contributed by atoms with E-state index in [0.29, 0.717) is 19.5 Å². The molecule has 0 spiro atoms. The third-order valence-electron chi connectivity index (χ3n) is 6.43. The first-order valence-electron chi connectivity index (χ1n) is 10.5. The molecule has 1 aliphatic carbocycles. The molecule has 3 aliphatic rings. The Balaban J connectivity index is 1.20. The second-order valence-electron chi connectivity index (χ2n) is 8.34. The fourth-order valence-corrected chi connectivity index (χ4v) is 4.75. The summed E-state index contributed by atoms with van der Waals surface area (Å²) in [5.74, 6) is 0.909. The van der Waals surface area contributed by atoms with Gasteiger partial charge in [0.1, 0.15) is 5.82 Å². The Bertz CT molecular complexity index is 923. The van der Waals surface area contributed by atoms with Gasteiger partial charge < -0.3 is 14.7 Å². The van der Waals surface area contributed by atoms with Crippen LogP contribution >= 0.6 is 0 Å². The standard InChI is InChI=1S/C23H26N4O2/c1-16-14-17-6-2-3-7-20(17)27(16)23(29)19-15-18(19)22(28)26-12-10-25(11-13-26)21-8-4-5-9-24-21/h2-9,16,18-19H,10-15H2,1H3. The molecule has 0 N–H and O–H groups in total. The Hall–Kier alpha value is -2.89. The molecule has 3 unspecified atom stereocenters. The molecule has 5 rings (SSSR count). The molecule has 3 atom stereocenters. The largest absolute Gasteiger partial charge is 0.353 e. The molecule has 6 heteroatoms. The van der Waals surface area contributed by atoms with Crippen molar-refractivity contribution in [2.45, 2.75) is 25.8 Å². The summed E-state index contributed by atoms with van der Waals surface area (Å²) in [5.41, 5.74) is 2.24. The summed E-state index contributed by atoms with van der Waals surface area (Å²) in [6, 6.07) is 14.2. The van der Waals surface area contributed by atoms with Crippen LogP contribution in [0, 0.1) is 11.8 Å². The minimum absolute atomic E-state index is 0.118. The number of amides is 2. The molecule has 2 amide bonds. The number of piperazine rings is 1. The molecule has 29 heavy (non-hydrogen) atoms. The average Bonchev–Trinajstić information content (AvgIpc) is 3.49. The van der Waals surface area contributed by atoms with E-state index in [-0.39, 0.29) is 29.7 Å². The van der Waals surface area contributed by atoms with Crippen molar-refractivity contribution in [3.8, 4) is 0 Å². The van der Waals surface area contributed by atoms with Gasteiger partial charge in [0.25, 0.3) is 0 Å². The summed E-state index contributed by atoms with van der Waals surface area (Å²) in [6.45, 7) is 5.04. The predicted molar refractivity (Wildman–Crippen MR) is 112 cm³/mol. The van der Waals surface area contributed by atoms with Gasteiger partial charge in [-0.3, -0.25) is 9.59 Å². The van der Waals surface area contributed by atoms with E-state index < -0.39 is 0 Å². The van der Waals surface area contributed by atoms with Crippen LogP contribution in [0.5, 0.6) is 0 Å². The third kappa shape index (κ3) is 3.26. The number of benzene rings is 1. The van der Waals surface area contributed by atoms with E-state index >= 15 is 0 Å². The van der Waals surface area contributed by atoms with Crippen molar-refractivity contribution < 1.29 is 9.59 Å². The smallest absolute Gasteiger partial charge is 0.231 e. The summed E-state index contributed by atoms with van der Waals surface area (Å²) in [4.78, 5) is 36.6. The molecule has 0 bridgehead atoms. The molecular weight excluding hydrogens is 364 g/mol. The lowest BCUT2D eigenvalue weighted by molar-refractivity contribution is -0.134. The van der Waals surface area contributed by atoms with Gasteiger partial charge >= 0.3 is 0 Å². The van der Waals surface area contributed by atoms with Crippen molar-refractivity contribution >= 4 is 23.3 Å². The lowest BCUT2D eigenvalue weighted by Crippen LogP contribution is -2.50. The van der Waals surface area contributed by atoms with Crippen LogP contribution in [0.4, 0.5) is 11.5 Å². The quantitative estimate of drug-likeness (QED) is 0.807. The molecule has 1 saturated heterocycles. The van der Waals surface area contributed by atoms with Crippen LogP contribution in [0.2, 0.25) is 0 Å². The summed E-state index contributed by atoms with van der Waals surface area (Å²) in [7, 11) is 0. The van der Waals surface area contributed by atoms with Crippen LogP contribution in [0.25, 0.3) is 0 Å². The van der Waals surface area contributed by atoms with E-state index in [9.17, 15) is 9.59 Å². The van der Waals surface area contributed by atoms with Crippen LogP contribution in [0.15, 0.2) is 48.7 Å². The lowest BCUT2D eigenvalue weighted by atomic mass is 10.1. The van der Waals surface area contributed by atoms with Gasteiger partial charge in [-0.15, -0.1) is 0 Å². The van der Waals surface area contributed by atoms with E-state index in [1.807, 2.05) is 46.2 Å². The zero-order valence-corrected chi connectivity index (χ0v) is 16.7. The maximum Gasteiger partial charge on any atom is 0.231 e. The first kappa shape index (κ1) is 18.2. The van der Waals surface area contributed by atoms with E-state index in [1.54, 1.807) is 6.20 Å². The Morgan fingerprint density at radius 3 is 2.41 bits per heavy atom. The number of hydrogen-bond acceptors (Lipinski definition) is 4. The van der Waals surface area contributed by atoms with Crippen molar-refractivity contribution in [2.24, 2.45) is 11.8 Å². The number of pyridine rings is 1. The number of fused-ring (bicyclic) bond motifs is 1. The number of carbonyl (C=O) groups excluding carboxylic acids is 2. The number of nitrogens with zero attached hydrogens (tertiary/aromatic N) is 4. The fourth-order valence-electron chi connectivity index (χ4n) is 4.75. The fraction of sp³-hybridized carbons (Fsp3) is 0.435.